The molecule has 3 aromatic carbocycles. The van der Waals surface area contributed by atoms with E-state index < -0.39 is 11.6 Å². The van der Waals surface area contributed by atoms with Crippen LogP contribution in [0, 0.1) is 17.5 Å². The third kappa shape index (κ3) is 6.82. The lowest BCUT2D eigenvalue weighted by Gasteiger charge is -2.30. The highest BCUT2D eigenvalue weighted by atomic mass is 19.2. The van der Waals surface area contributed by atoms with Gasteiger partial charge in [-0.2, -0.15) is 0 Å². The van der Waals surface area contributed by atoms with Gasteiger partial charge in [-0.25, -0.2) is 13.2 Å². The molecule has 0 N–H and O–H groups in total. The van der Waals surface area contributed by atoms with E-state index >= 15 is 4.39 Å². The van der Waals surface area contributed by atoms with Gasteiger partial charge in [-0.1, -0.05) is 88.1 Å². The van der Waals surface area contributed by atoms with Gasteiger partial charge in [0.05, 0.1) is 13.2 Å². The van der Waals surface area contributed by atoms with Crippen LogP contribution < -0.4 is 0 Å². The molecule has 3 aromatic rings. The Morgan fingerprint density at radius 2 is 1.32 bits per heavy atom. The smallest absolute Gasteiger partial charge is 0.166 e. The van der Waals surface area contributed by atoms with E-state index in [0.29, 0.717) is 41.9 Å². The second kappa shape index (κ2) is 13.3. The molecule has 0 saturated carbocycles. The first-order chi connectivity index (χ1) is 18.0. The van der Waals surface area contributed by atoms with Crippen LogP contribution in [0.1, 0.15) is 75.8 Å². The number of hydrogen-bond acceptors (Lipinski definition) is 2. The molecule has 0 unspecified atom stereocenters. The maximum atomic E-state index is 15.1. The zero-order valence-corrected chi connectivity index (χ0v) is 21.9. The number of halogens is 3. The first-order valence-corrected chi connectivity index (χ1v) is 13.6. The van der Waals surface area contributed by atoms with Crippen molar-refractivity contribution in [3.63, 3.8) is 0 Å². The third-order valence-corrected chi connectivity index (χ3v) is 7.19. The molecule has 0 radical (unpaired) electrons. The van der Waals surface area contributed by atoms with E-state index in [1.807, 2.05) is 6.07 Å². The number of hydrogen-bond donors (Lipinski definition) is 0. The summed E-state index contributed by atoms with van der Waals surface area (Å²) < 4.78 is 56.2. The molecule has 1 aliphatic heterocycles. The van der Waals surface area contributed by atoms with Crippen LogP contribution >= 0.6 is 0 Å². The first-order valence-electron chi connectivity index (χ1n) is 13.6. The second-order valence-electron chi connectivity index (χ2n) is 9.96. The van der Waals surface area contributed by atoms with Crippen LogP contribution in [-0.2, 0) is 15.9 Å². The highest BCUT2D eigenvalue weighted by Gasteiger charge is 2.24. The van der Waals surface area contributed by atoms with Crippen molar-refractivity contribution in [2.24, 2.45) is 0 Å². The van der Waals surface area contributed by atoms with Gasteiger partial charge >= 0.3 is 0 Å². The van der Waals surface area contributed by atoms with E-state index in [2.05, 4.69) is 13.8 Å². The normalized spacial score (nSPS) is 17.8. The quantitative estimate of drug-likeness (QED) is 0.239. The number of benzene rings is 3. The lowest BCUT2D eigenvalue weighted by atomic mass is 9.94. The highest BCUT2D eigenvalue weighted by Crippen LogP contribution is 2.32. The molecule has 198 valence electrons. The van der Waals surface area contributed by atoms with E-state index in [9.17, 15) is 8.78 Å². The molecule has 5 heteroatoms. The number of unbranched alkanes of at least 4 members (excludes halogenated alkanes) is 4. The number of ether oxygens (including phenoxy) is 2. The molecule has 0 atom stereocenters. The zero-order chi connectivity index (χ0) is 26.2. The minimum Gasteiger partial charge on any atom is -0.352 e. The van der Waals surface area contributed by atoms with Gasteiger partial charge in [0.15, 0.2) is 17.9 Å². The average molecular weight is 511 g/mol. The lowest BCUT2D eigenvalue weighted by molar-refractivity contribution is -0.190. The van der Waals surface area contributed by atoms with Crippen LogP contribution in [0.5, 0.6) is 0 Å². The van der Waals surface area contributed by atoms with Crippen molar-refractivity contribution in [2.45, 2.75) is 77.4 Å². The molecule has 2 nitrogen and oxygen atoms in total. The molecule has 1 aliphatic rings. The Bertz CT molecular complexity index is 1150. The highest BCUT2D eigenvalue weighted by molar-refractivity contribution is 5.71. The summed E-state index contributed by atoms with van der Waals surface area (Å²) in [5, 5.41) is 0. The van der Waals surface area contributed by atoms with Crippen LogP contribution in [0.4, 0.5) is 13.2 Å². The molecule has 4 rings (SSSR count). The fourth-order valence-electron chi connectivity index (χ4n) is 4.88. The van der Waals surface area contributed by atoms with Gasteiger partial charge in [0.1, 0.15) is 5.82 Å². The van der Waals surface area contributed by atoms with Crippen molar-refractivity contribution in [3.8, 4) is 22.3 Å². The van der Waals surface area contributed by atoms with Gasteiger partial charge in [-0.3, -0.25) is 0 Å². The maximum absolute atomic E-state index is 15.1. The van der Waals surface area contributed by atoms with Gasteiger partial charge in [0.25, 0.3) is 0 Å². The van der Waals surface area contributed by atoms with Gasteiger partial charge < -0.3 is 9.47 Å². The summed E-state index contributed by atoms with van der Waals surface area (Å²) in [5.41, 5.74) is 3.17. The summed E-state index contributed by atoms with van der Waals surface area (Å²) in [7, 11) is 0. The predicted molar refractivity (Wildman–Crippen MR) is 143 cm³/mol. The molecular formula is C32H37F3O2. The first kappa shape index (κ1) is 27.4. The van der Waals surface area contributed by atoms with E-state index in [0.717, 1.165) is 50.5 Å². The summed E-state index contributed by atoms with van der Waals surface area (Å²) in [6.07, 6.45) is 7.52. The molecule has 0 amide bonds. The zero-order valence-electron chi connectivity index (χ0n) is 21.9. The minimum atomic E-state index is -0.832. The fourth-order valence-corrected chi connectivity index (χ4v) is 4.88. The third-order valence-electron chi connectivity index (χ3n) is 7.19. The van der Waals surface area contributed by atoms with Crippen molar-refractivity contribution in [3.05, 3.63) is 83.2 Å². The Hall–Kier alpha value is -2.63. The molecule has 0 spiro atoms. The van der Waals surface area contributed by atoms with Crippen LogP contribution in [-0.4, -0.2) is 19.5 Å². The molecule has 0 aliphatic carbocycles. The van der Waals surface area contributed by atoms with E-state index in [1.54, 1.807) is 48.5 Å². The monoisotopic (exact) mass is 510 g/mol. The summed E-state index contributed by atoms with van der Waals surface area (Å²) >= 11 is 0. The van der Waals surface area contributed by atoms with E-state index in [1.165, 1.54) is 0 Å². The Kier molecular flexibility index (Phi) is 9.81. The molecule has 1 heterocycles. The van der Waals surface area contributed by atoms with E-state index in [4.69, 9.17) is 9.47 Å². The van der Waals surface area contributed by atoms with Crippen molar-refractivity contribution in [1.82, 2.24) is 0 Å². The minimum absolute atomic E-state index is 0.00355. The molecule has 1 fully saturated rings. The largest absolute Gasteiger partial charge is 0.352 e. The Balaban J connectivity index is 1.42. The Labute approximate surface area is 218 Å². The molecule has 1 saturated heterocycles. The van der Waals surface area contributed by atoms with Gasteiger partial charge in [-0.05, 0) is 54.0 Å². The van der Waals surface area contributed by atoms with Gasteiger partial charge in [0.2, 0.25) is 0 Å². The summed E-state index contributed by atoms with van der Waals surface area (Å²) in [6, 6.07) is 15.4. The van der Waals surface area contributed by atoms with Gasteiger partial charge in [0, 0.05) is 17.0 Å². The van der Waals surface area contributed by atoms with Crippen molar-refractivity contribution in [2.75, 3.05) is 13.2 Å². The maximum Gasteiger partial charge on any atom is 0.166 e. The fraction of sp³-hybridized carbons (Fsp3) is 0.438. The second-order valence-corrected chi connectivity index (χ2v) is 9.96. The lowest BCUT2D eigenvalue weighted by Crippen LogP contribution is -2.30. The molecular weight excluding hydrogens is 473 g/mol. The molecule has 0 bridgehead atoms. The Morgan fingerprint density at radius 3 is 1.97 bits per heavy atom. The summed E-state index contributed by atoms with van der Waals surface area (Å²) in [4.78, 5) is 0. The van der Waals surface area contributed by atoms with Crippen LogP contribution in [0.15, 0.2) is 54.6 Å². The average Bonchev–Trinajstić information content (AvgIpc) is 2.92. The van der Waals surface area contributed by atoms with Crippen molar-refractivity contribution in [1.29, 1.82) is 0 Å². The standard InChI is InChI=1S/C32H37F3O2/c1-3-5-7-9-24-15-18-28(32(35)31(24)34)23-13-11-22(12-14-23)27-17-16-25(19-29(27)33)26-20-36-30(37-21-26)10-8-6-4-2/h11-19,26,30H,3-10,20-21H2,1-2H3. The van der Waals surface area contributed by atoms with Crippen molar-refractivity contribution >= 4 is 0 Å². The molecule has 0 aromatic heterocycles. The van der Waals surface area contributed by atoms with Crippen LogP contribution in [0.25, 0.3) is 22.3 Å². The number of rotatable bonds is 11. The topological polar surface area (TPSA) is 18.5 Å². The molecule has 37 heavy (non-hydrogen) atoms. The van der Waals surface area contributed by atoms with Gasteiger partial charge in [-0.15, -0.1) is 0 Å². The summed E-state index contributed by atoms with van der Waals surface area (Å²) in [6.45, 7) is 5.28. The van der Waals surface area contributed by atoms with E-state index in [-0.39, 0.29) is 23.6 Å². The van der Waals surface area contributed by atoms with Crippen molar-refractivity contribution < 1.29 is 22.6 Å². The predicted octanol–water partition coefficient (Wildman–Crippen LogP) is 9.21. The SMILES string of the molecule is CCCCCc1ccc(-c2ccc(-c3ccc(C4COC(CCCCC)OC4)cc3F)cc2)c(F)c1F. The van der Waals surface area contributed by atoms with Crippen LogP contribution in [0.2, 0.25) is 0 Å². The Morgan fingerprint density at radius 1 is 0.703 bits per heavy atom. The summed E-state index contributed by atoms with van der Waals surface area (Å²) in [5.74, 6) is -1.94. The number of aryl methyl sites for hydroxylation is 1. The van der Waals surface area contributed by atoms with Crippen LogP contribution in [0.3, 0.4) is 0 Å².